The number of amides is 1. The first-order chi connectivity index (χ1) is 14.4. The molecule has 7 heteroatoms. The molecule has 30 heavy (non-hydrogen) atoms. The first kappa shape index (κ1) is 20.3. The molecule has 0 aliphatic carbocycles. The van der Waals surface area contributed by atoms with Crippen molar-refractivity contribution in [1.29, 1.82) is 0 Å². The molecule has 158 valence electrons. The summed E-state index contributed by atoms with van der Waals surface area (Å²) in [7, 11) is 0. The SMILES string of the molecule is CCCc1cc(-c2ccc(F)c(C)c2)nn1CC(=O)N1CCc2nc(C)oc2CC1. The number of rotatable bonds is 5. The Balaban J connectivity index is 1.51. The minimum absolute atomic E-state index is 0.0409. The lowest BCUT2D eigenvalue weighted by atomic mass is 10.1. The zero-order valence-corrected chi connectivity index (χ0v) is 17.7. The van der Waals surface area contributed by atoms with E-state index < -0.39 is 0 Å². The van der Waals surface area contributed by atoms with Crippen LogP contribution in [0.3, 0.4) is 0 Å². The molecule has 0 N–H and O–H groups in total. The number of hydrogen-bond donors (Lipinski definition) is 0. The Kier molecular flexibility index (Phi) is 5.70. The van der Waals surface area contributed by atoms with Crippen LogP contribution in [0.4, 0.5) is 4.39 Å². The maximum absolute atomic E-state index is 13.6. The van der Waals surface area contributed by atoms with E-state index in [-0.39, 0.29) is 18.3 Å². The van der Waals surface area contributed by atoms with Crippen LogP contribution in [0.1, 0.15) is 41.9 Å². The highest BCUT2D eigenvalue weighted by molar-refractivity contribution is 5.76. The number of carbonyl (C=O) groups excluding carboxylic acids is 1. The lowest BCUT2D eigenvalue weighted by Gasteiger charge is -2.20. The number of oxazole rings is 1. The second-order valence-corrected chi connectivity index (χ2v) is 7.88. The first-order valence-electron chi connectivity index (χ1n) is 10.5. The van der Waals surface area contributed by atoms with Gasteiger partial charge in [0.15, 0.2) is 5.89 Å². The number of nitrogens with zero attached hydrogens (tertiary/aromatic N) is 4. The van der Waals surface area contributed by atoms with E-state index in [4.69, 9.17) is 4.42 Å². The predicted octanol–water partition coefficient (Wildman–Crippen LogP) is 3.87. The molecule has 6 nitrogen and oxygen atoms in total. The van der Waals surface area contributed by atoms with Crippen molar-refractivity contribution in [2.45, 2.75) is 53.0 Å². The predicted molar refractivity (Wildman–Crippen MR) is 112 cm³/mol. The van der Waals surface area contributed by atoms with Gasteiger partial charge in [-0.15, -0.1) is 0 Å². The fourth-order valence-electron chi connectivity index (χ4n) is 3.96. The van der Waals surface area contributed by atoms with Crippen molar-refractivity contribution in [2.24, 2.45) is 0 Å². The maximum Gasteiger partial charge on any atom is 0.244 e. The van der Waals surface area contributed by atoms with Gasteiger partial charge in [-0.3, -0.25) is 9.48 Å². The lowest BCUT2D eigenvalue weighted by Crippen LogP contribution is -2.36. The van der Waals surface area contributed by atoms with Crippen molar-refractivity contribution in [2.75, 3.05) is 13.1 Å². The van der Waals surface area contributed by atoms with Crippen LogP contribution in [-0.4, -0.2) is 38.7 Å². The molecule has 2 aromatic heterocycles. The van der Waals surface area contributed by atoms with Gasteiger partial charge in [-0.2, -0.15) is 5.10 Å². The average Bonchev–Trinajstić information content (AvgIpc) is 3.21. The highest BCUT2D eigenvalue weighted by atomic mass is 19.1. The summed E-state index contributed by atoms with van der Waals surface area (Å²) in [5.41, 5.74) is 4.19. The van der Waals surface area contributed by atoms with E-state index in [2.05, 4.69) is 17.0 Å². The van der Waals surface area contributed by atoms with E-state index in [0.29, 0.717) is 37.4 Å². The zero-order valence-electron chi connectivity index (χ0n) is 17.7. The molecule has 0 fully saturated rings. The fraction of sp³-hybridized carbons (Fsp3) is 0.435. The van der Waals surface area contributed by atoms with Crippen molar-refractivity contribution in [3.8, 4) is 11.3 Å². The first-order valence-corrected chi connectivity index (χ1v) is 10.5. The Morgan fingerprint density at radius 3 is 2.77 bits per heavy atom. The number of hydrogen-bond acceptors (Lipinski definition) is 4. The molecule has 0 saturated carbocycles. The van der Waals surface area contributed by atoms with Crippen LogP contribution in [0.25, 0.3) is 11.3 Å². The zero-order chi connectivity index (χ0) is 21.3. The quantitative estimate of drug-likeness (QED) is 0.640. The minimum atomic E-state index is -0.229. The van der Waals surface area contributed by atoms with Crippen LogP contribution >= 0.6 is 0 Å². The second kappa shape index (κ2) is 8.42. The van der Waals surface area contributed by atoms with Crippen LogP contribution in [0, 0.1) is 19.7 Å². The van der Waals surface area contributed by atoms with Gasteiger partial charge in [0.1, 0.15) is 18.1 Å². The van der Waals surface area contributed by atoms with Gasteiger partial charge in [-0.25, -0.2) is 9.37 Å². The molecule has 4 rings (SSSR count). The van der Waals surface area contributed by atoms with Crippen molar-refractivity contribution >= 4 is 5.91 Å². The summed E-state index contributed by atoms with van der Waals surface area (Å²) in [6.45, 7) is 7.15. The number of halogens is 1. The Labute approximate surface area is 175 Å². The molecule has 0 saturated heterocycles. The summed E-state index contributed by atoms with van der Waals surface area (Å²) in [4.78, 5) is 19.3. The number of carbonyl (C=O) groups is 1. The third-order valence-corrected chi connectivity index (χ3v) is 5.57. The third kappa shape index (κ3) is 4.15. The van der Waals surface area contributed by atoms with Gasteiger partial charge in [0, 0.05) is 44.1 Å². The molecule has 1 aliphatic rings. The Bertz CT molecular complexity index is 1040. The smallest absolute Gasteiger partial charge is 0.244 e. The van der Waals surface area contributed by atoms with E-state index in [9.17, 15) is 9.18 Å². The summed E-state index contributed by atoms with van der Waals surface area (Å²) in [5.74, 6) is 1.39. The van der Waals surface area contributed by atoms with Gasteiger partial charge in [0.05, 0.1) is 11.4 Å². The number of fused-ring (bicyclic) bond motifs is 1. The van der Waals surface area contributed by atoms with Gasteiger partial charge in [-0.05, 0) is 43.2 Å². The van der Waals surface area contributed by atoms with E-state index >= 15 is 0 Å². The van der Waals surface area contributed by atoms with E-state index in [1.54, 1.807) is 23.7 Å². The Morgan fingerprint density at radius 1 is 1.20 bits per heavy atom. The molecular formula is C23H27FN4O2. The summed E-state index contributed by atoms with van der Waals surface area (Å²) < 4.78 is 21.1. The van der Waals surface area contributed by atoms with E-state index in [1.165, 1.54) is 6.07 Å². The van der Waals surface area contributed by atoms with Crippen molar-refractivity contribution in [3.63, 3.8) is 0 Å². The van der Waals surface area contributed by atoms with Crippen LogP contribution in [0.2, 0.25) is 0 Å². The van der Waals surface area contributed by atoms with Crippen molar-refractivity contribution in [3.05, 3.63) is 58.7 Å². The topological polar surface area (TPSA) is 64.2 Å². The largest absolute Gasteiger partial charge is 0.446 e. The fourth-order valence-corrected chi connectivity index (χ4v) is 3.96. The monoisotopic (exact) mass is 410 g/mol. The molecule has 0 radical (unpaired) electrons. The molecule has 0 spiro atoms. The number of aryl methyl sites for hydroxylation is 3. The number of aromatic nitrogens is 3. The van der Waals surface area contributed by atoms with Crippen LogP contribution in [0.5, 0.6) is 0 Å². The van der Waals surface area contributed by atoms with Crippen LogP contribution in [0.15, 0.2) is 28.7 Å². The van der Waals surface area contributed by atoms with E-state index in [0.717, 1.165) is 41.2 Å². The van der Waals surface area contributed by atoms with Gasteiger partial charge in [0.2, 0.25) is 5.91 Å². The normalized spacial score (nSPS) is 13.9. The van der Waals surface area contributed by atoms with Crippen LogP contribution < -0.4 is 0 Å². The molecule has 0 atom stereocenters. The molecule has 3 aromatic rings. The maximum atomic E-state index is 13.6. The minimum Gasteiger partial charge on any atom is -0.446 e. The summed E-state index contributed by atoms with van der Waals surface area (Å²) >= 11 is 0. The molecule has 1 aliphatic heterocycles. The van der Waals surface area contributed by atoms with Gasteiger partial charge in [-0.1, -0.05) is 13.3 Å². The number of benzene rings is 1. The molecule has 0 unspecified atom stereocenters. The molecule has 0 bridgehead atoms. The van der Waals surface area contributed by atoms with Gasteiger partial charge >= 0.3 is 0 Å². The molecule has 1 amide bonds. The summed E-state index contributed by atoms with van der Waals surface area (Å²) in [6.07, 6.45) is 3.18. The second-order valence-electron chi connectivity index (χ2n) is 7.88. The van der Waals surface area contributed by atoms with Crippen molar-refractivity contribution < 1.29 is 13.6 Å². The van der Waals surface area contributed by atoms with Crippen LogP contribution in [-0.2, 0) is 30.6 Å². The van der Waals surface area contributed by atoms with E-state index in [1.807, 2.05) is 17.9 Å². The standard InChI is InChI=1S/C23H27FN4O2/c1-4-5-18-13-21(17-6-7-19(24)15(2)12-17)26-28(18)14-23(29)27-10-8-20-22(9-11-27)30-16(3)25-20/h6-7,12-13H,4-5,8-11,14H2,1-3H3. The van der Waals surface area contributed by atoms with Crippen molar-refractivity contribution in [1.82, 2.24) is 19.7 Å². The Hall–Kier alpha value is -2.96. The molecule has 3 heterocycles. The third-order valence-electron chi connectivity index (χ3n) is 5.57. The highest BCUT2D eigenvalue weighted by Gasteiger charge is 2.23. The average molecular weight is 410 g/mol. The Morgan fingerprint density at radius 2 is 2.00 bits per heavy atom. The summed E-state index contributed by atoms with van der Waals surface area (Å²) in [5, 5.41) is 4.69. The van der Waals surface area contributed by atoms with Gasteiger partial charge in [0.25, 0.3) is 0 Å². The molecule has 1 aromatic carbocycles. The summed E-state index contributed by atoms with van der Waals surface area (Å²) in [6, 6.07) is 7.00. The lowest BCUT2D eigenvalue weighted by molar-refractivity contribution is -0.132. The van der Waals surface area contributed by atoms with Gasteiger partial charge < -0.3 is 9.32 Å². The highest BCUT2D eigenvalue weighted by Crippen LogP contribution is 2.23. The molecular weight excluding hydrogens is 383 g/mol.